The van der Waals surface area contributed by atoms with Crippen LogP contribution in [0.3, 0.4) is 0 Å². The van der Waals surface area contributed by atoms with E-state index < -0.39 is 0 Å². The maximum atomic E-state index is 9.95. The molecule has 6 rings (SSSR count). The van der Waals surface area contributed by atoms with Crippen molar-refractivity contribution in [3.63, 3.8) is 0 Å². The summed E-state index contributed by atoms with van der Waals surface area (Å²) in [6, 6.07) is 25.8. The molecule has 0 aliphatic heterocycles. The van der Waals surface area contributed by atoms with E-state index in [-0.39, 0.29) is 0 Å². The van der Waals surface area contributed by atoms with Crippen molar-refractivity contribution in [2.24, 2.45) is 7.05 Å². The average molecular weight is 490 g/mol. The van der Waals surface area contributed by atoms with Gasteiger partial charge in [0.05, 0.1) is 16.0 Å². The highest BCUT2D eigenvalue weighted by molar-refractivity contribution is 7.99. The number of benzene rings is 3. The molecule has 1 fully saturated rings. The van der Waals surface area contributed by atoms with Gasteiger partial charge in [-0.05, 0) is 67.1 Å². The summed E-state index contributed by atoms with van der Waals surface area (Å²) in [5, 5.41) is 12.1. The molecule has 178 valence electrons. The molecule has 4 heteroatoms. The van der Waals surface area contributed by atoms with Gasteiger partial charge in [0.15, 0.2) is 11.8 Å². The maximum Gasteiger partial charge on any atom is 0.216 e. The van der Waals surface area contributed by atoms with Crippen molar-refractivity contribution in [3.8, 4) is 17.3 Å². The molecular formula is C32H29N2OS+. The van der Waals surface area contributed by atoms with Crippen LogP contribution in [-0.4, -0.2) is 0 Å². The third-order valence-corrected chi connectivity index (χ3v) is 8.70. The van der Waals surface area contributed by atoms with Crippen LogP contribution in [0, 0.1) is 18.3 Å². The van der Waals surface area contributed by atoms with E-state index in [0.29, 0.717) is 11.5 Å². The Hall–Kier alpha value is -3.55. The highest BCUT2D eigenvalue weighted by Crippen LogP contribution is 2.43. The van der Waals surface area contributed by atoms with E-state index in [0.717, 1.165) is 48.6 Å². The Kier molecular flexibility index (Phi) is 6.03. The Morgan fingerprint density at radius 1 is 0.889 bits per heavy atom. The van der Waals surface area contributed by atoms with Crippen molar-refractivity contribution in [1.82, 2.24) is 0 Å². The molecule has 0 N–H and O–H groups in total. The van der Waals surface area contributed by atoms with Gasteiger partial charge in [-0.25, -0.2) is 4.57 Å². The number of aromatic nitrogens is 1. The van der Waals surface area contributed by atoms with Gasteiger partial charge in [0.25, 0.3) is 0 Å². The second-order valence-corrected chi connectivity index (χ2v) is 11.0. The summed E-state index contributed by atoms with van der Waals surface area (Å²) >= 11 is 1.63. The topological polar surface area (TPSA) is 40.8 Å². The molecular weight excluding hydrogens is 460 g/mol. The fraction of sp³-hybridized carbons (Fsp3) is 0.250. The van der Waals surface area contributed by atoms with Gasteiger partial charge in [0, 0.05) is 27.8 Å². The van der Waals surface area contributed by atoms with Gasteiger partial charge in [0.1, 0.15) is 18.7 Å². The third kappa shape index (κ3) is 3.98. The van der Waals surface area contributed by atoms with Gasteiger partial charge < -0.3 is 4.42 Å². The van der Waals surface area contributed by atoms with E-state index in [9.17, 15) is 5.26 Å². The van der Waals surface area contributed by atoms with Crippen LogP contribution in [0.1, 0.15) is 54.7 Å². The van der Waals surface area contributed by atoms with Gasteiger partial charge in [-0.15, -0.1) is 0 Å². The summed E-state index contributed by atoms with van der Waals surface area (Å²) in [6.07, 6.45) is 8.69. The largest absolute Gasteiger partial charge is 0.454 e. The van der Waals surface area contributed by atoms with Crippen molar-refractivity contribution in [2.45, 2.75) is 54.7 Å². The Morgan fingerprint density at radius 3 is 2.39 bits per heavy atom. The second-order valence-electron chi connectivity index (χ2n) is 9.87. The summed E-state index contributed by atoms with van der Waals surface area (Å²) in [5.74, 6) is 0.687. The van der Waals surface area contributed by atoms with Crippen LogP contribution in [0.15, 0.2) is 87.1 Å². The molecule has 0 bridgehead atoms. The predicted octanol–water partition coefficient (Wildman–Crippen LogP) is 8.46. The van der Waals surface area contributed by atoms with Crippen molar-refractivity contribution in [3.05, 3.63) is 89.6 Å². The highest BCUT2D eigenvalue weighted by atomic mass is 32.2. The third-order valence-electron chi connectivity index (χ3n) is 7.58. The minimum atomic E-state index is 0.645. The zero-order valence-electron chi connectivity index (χ0n) is 20.8. The van der Waals surface area contributed by atoms with Crippen LogP contribution in [0.2, 0.25) is 0 Å². The van der Waals surface area contributed by atoms with E-state index in [1.807, 2.05) is 18.2 Å². The van der Waals surface area contributed by atoms with Gasteiger partial charge in [0.2, 0.25) is 5.69 Å². The van der Waals surface area contributed by atoms with Crippen molar-refractivity contribution in [1.29, 1.82) is 5.26 Å². The lowest BCUT2D eigenvalue weighted by Gasteiger charge is -2.22. The zero-order valence-corrected chi connectivity index (χ0v) is 21.6. The number of fused-ring (bicyclic) bond motifs is 3. The molecule has 0 spiro atoms. The summed E-state index contributed by atoms with van der Waals surface area (Å²) < 4.78 is 8.78. The van der Waals surface area contributed by atoms with E-state index in [4.69, 9.17) is 4.42 Å². The van der Waals surface area contributed by atoms with Crippen LogP contribution in [0.25, 0.3) is 33.2 Å². The first kappa shape index (κ1) is 22.9. The number of furan rings is 1. The van der Waals surface area contributed by atoms with Crippen LogP contribution in [0.4, 0.5) is 0 Å². The predicted molar refractivity (Wildman–Crippen MR) is 146 cm³/mol. The zero-order chi connectivity index (χ0) is 24.6. The van der Waals surface area contributed by atoms with Gasteiger partial charge in [-0.2, -0.15) is 5.26 Å². The smallest absolute Gasteiger partial charge is 0.216 e. The Bertz CT molecular complexity index is 1620. The van der Waals surface area contributed by atoms with E-state index in [1.54, 1.807) is 11.8 Å². The quantitative estimate of drug-likeness (QED) is 0.238. The molecule has 5 aromatic rings. The lowest BCUT2D eigenvalue weighted by Crippen LogP contribution is -2.30. The van der Waals surface area contributed by atoms with E-state index >= 15 is 0 Å². The second kappa shape index (κ2) is 9.48. The molecule has 0 unspecified atom stereocenters. The molecule has 0 atom stereocenters. The monoisotopic (exact) mass is 489 g/mol. The molecule has 1 saturated carbocycles. The minimum absolute atomic E-state index is 0.645. The summed E-state index contributed by atoms with van der Waals surface area (Å²) in [6.45, 7) is 2.12. The van der Waals surface area contributed by atoms with Crippen molar-refractivity contribution < 1.29 is 8.98 Å². The molecule has 3 nitrogen and oxygen atoms in total. The fourth-order valence-corrected chi connectivity index (χ4v) is 6.61. The lowest BCUT2D eigenvalue weighted by atomic mass is 9.84. The molecule has 3 aromatic carbocycles. The highest BCUT2D eigenvalue weighted by Gasteiger charge is 2.23. The number of pyridine rings is 1. The number of hydrogen-bond donors (Lipinski definition) is 0. The minimum Gasteiger partial charge on any atom is -0.454 e. The van der Waals surface area contributed by atoms with E-state index in [2.05, 4.69) is 79.3 Å². The Balaban J connectivity index is 1.47. The standard InChI is InChI=1S/C32H29N2OS/c1-21-11-17-26-27-18-14-24(20-33)32(31(27)35-30(26)29(21)28-10-6-7-19-34(28)2)36-25-15-12-23(13-16-25)22-8-4-3-5-9-22/h6-7,10-19,22H,3-5,8-9H2,1-2H3/q+1. The number of rotatable bonds is 4. The molecule has 0 saturated heterocycles. The Labute approximate surface area is 216 Å². The molecule has 2 heterocycles. The molecule has 1 aliphatic rings. The normalized spacial score (nSPS) is 14.4. The summed E-state index contributed by atoms with van der Waals surface area (Å²) in [7, 11) is 2.06. The summed E-state index contributed by atoms with van der Waals surface area (Å²) in [5.41, 5.74) is 7.11. The van der Waals surface area contributed by atoms with E-state index in [1.165, 1.54) is 37.7 Å². The van der Waals surface area contributed by atoms with Crippen LogP contribution in [0.5, 0.6) is 0 Å². The lowest BCUT2D eigenvalue weighted by molar-refractivity contribution is -0.660. The number of nitrogens with zero attached hydrogens (tertiary/aromatic N) is 2. The first-order valence-corrected chi connectivity index (χ1v) is 13.6. The van der Waals surface area contributed by atoms with Crippen molar-refractivity contribution >= 4 is 33.7 Å². The first-order chi connectivity index (χ1) is 17.6. The SMILES string of the molecule is Cc1ccc2c(oc3c(Sc4ccc(C5CCCCC5)cc4)c(C#N)ccc32)c1-c1cccc[n+]1C. The van der Waals surface area contributed by atoms with Crippen LogP contribution < -0.4 is 4.57 Å². The molecule has 0 amide bonds. The van der Waals surface area contributed by atoms with Gasteiger partial charge in [-0.3, -0.25) is 0 Å². The maximum absolute atomic E-state index is 9.95. The number of aryl methyl sites for hydroxylation is 2. The van der Waals surface area contributed by atoms with Crippen LogP contribution >= 0.6 is 11.8 Å². The van der Waals surface area contributed by atoms with Crippen LogP contribution in [-0.2, 0) is 7.05 Å². The molecule has 2 aromatic heterocycles. The molecule has 0 radical (unpaired) electrons. The Morgan fingerprint density at radius 2 is 1.64 bits per heavy atom. The average Bonchev–Trinajstić information content (AvgIpc) is 3.29. The van der Waals surface area contributed by atoms with Gasteiger partial charge >= 0.3 is 0 Å². The van der Waals surface area contributed by atoms with Crippen molar-refractivity contribution in [2.75, 3.05) is 0 Å². The van der Waals surface area contributed by atoms with Gasteiger partial charge in [-0.1, -0.05) is 55.3 Å². The molecule has 36 heavy (non-hydrogen) atoms. The summed E-state index contributed by atoms with van der Waals surface area (Å²) in [4.78, 5) is 2.02. The number of nitriles is 1. The molecule has 1 aliphatic carbocycles. The first-order valence-electron chi connectivity index (χ1n) is 12.8. The number of hydrogen-bond acceptors (Lipinski definition) is 3. The fourth-order valence-electron chi connectivity index (χ4n) is 5.63.